The van der Waals surface area contributed by atoms with Gasteiger partial charge in [0.15, 0.2) is 0 Å². The highest BCUT2D eigenvalue weighted by molar-refractivity contribution is 5.38. The molecule has 3 fully saturated rings. The van der Waals surface area contributed by atoms with Crippen molar-refractivity contribution in [2.24, 2.45) is 23.2 Å². The molecule has 0 amide bonds. The summed E-state index contributed by atoms with van der Waals surface area (Å²) in [7, 11) is 0. The van der Waals surface area contributed by atoms with Crippen LogP contribution in [0.25, 0.3) is 0 Å². The van der Waals surface area contributed by atoms with Crippen LogP contribution in [0.1, 0.15) is 104 Å². The topological polar surface area (TPSA) is 91.4 Å². The van der Waals surface area contributed by atoms with Crippen molar-refractivity contribution >= 4 is 0 Å². The van der Waals surface area contributed by atoms with Gasteiger partial charge in [0.1, 0.15) is 11.3 Å². The Morgan fingerprint density at radius 2 is 2.00 bits per heavy atom. The third-order valence-electron chi connectivity index (χ3n) is 10.2. The van der Waals surface area contributed by atoms with Crippen molar-refractivity contribution in [3.8, 4) is 0 Å². The fourth-order valence-electron chi connectivity index (χ4n) is 7.69. The maximum Gasteiger partial charge on any atom is 0.114 e. The number of allylic oxidation sites excluding steroid dienone is 3. The lowest BCUT2D eigenvalue weighted by Gasteiger charge is -2.44. The average Bonchev–Trinajstić information content (AvgIpc) is 3.49. The molecule has 6 atom stereocenters. The molecule has 0 aromatic carbocycles. The quantitative estimate of drug-likeness (QED) is 0.387. The highest BCUT2D eigenvalue weighted by atomic mass is 16.3. The molecule has 3 aliphatic rings. The van der Waals surface area contributed by atoms with Gasteiger partial charge in [0, 0.05) is 13.0 Å². The lowest BCUT2D eigenvalue weighted by Crippen LogP contribution is -2.36. The highest BCUT2D eigenvalue weighted by Gasteiger charge is 2.50. The van der Waals surface area contributed by atoms with E-state index in [1.807, 2.05) is 24.7 Å². The van der Waals surface area contributed by atoms with Crippen LogP contribution in [0.5, 0.6) is 0 Å². The molecular formula is C31H49N3O3. The number of rotatable bonds is 9. The molecule has 0 bridgehead atoms. The zero-order valence-corrected chi connectivity index (χ0v) is 23.5. The first kappa shape index (κ1) is 28.3. The van der Waals surface area contributed by atoms with Gasteiger partial charge in [-0.05, 0) is 98.5 Å². The second kappa shape index (κ2) is 11.5. The van der Waals surface area contributed by atoms with Crippen molar-refractivity contribution in [2.75, 3.05) is 0 Å². The Labute approximate surface area is 223 Å². The third kappa shape index (κ3) is 5.81. The number of hydrogen-bond donors (Lipinski definition) is 3. The van der Waals surface area contributed by atoms with Crippen molar-refractivity contribution in [3.63, 3.8) is 0 Å². The molecule has 3 N–H and O–H groups in total. The van der Waals surface area contributed by atoms with Crippen molar-refractivity contribution in [1.82, 2.24) is 15.0 Å². The molecule has 206 valence electrons. The summed E-state index contributed by atoms with van der Waals surface area (Å²) in [5, 5.41) is 39.6. The minimum absolute atomic E-state index is 0.337. The van der Waals surface area contributed by atoms with Gasteiger partial charge in [0.2, 0.25) is 0 Å². The predicted octanol–water partition coefficient (Wildman–Crippen LogP) is 5.84. The smallest absolute Gasteiger partial charge is 0.114 e. The molecule has 0 saturated heterocycles. The van der Waals surface area contributed by atoms with Crippen LogP contribution in [0.15, 0.2) is 41.6 Å². The number of aromatic nitrogens is 3. The third-order valence-corrected chi connectivity index (χ3v) is 10.2. The summed E-state index contributed by atoms with van der Waals surface area (Å²) in [6, 6.07) is 0. The van der Waals surface area contributed by atoms with E-state index in [1.165, 1.54) is 32.1 Å². The highest BCUT2D eigenvalue weighted by Crippen LogP contribution is 2.59. The van der Waals surface area contributed by atoms with Gasteiger partial charge >= 0.3 is 0 Å². The lowest BCUT2D eigenvalue weighted by molar-refractivity contribution is 0.0239. The number of aliphatic hydroxyl groups excluding tert-OH is 2. The number of aryl methyl sites for hydroxylation is 1. The van der Waals surface area contributed by atoms with E-state index in [0.29, 0.717) is 48.6 Å². The Morgan fingerprint density at radius 1 is 1.24 bits per heavy atom. The van der Waals surface area contributed by atoms with Crippen molar-refractivity contribution in [3.05, 3.63) is 47.3 Å². The molecule has 0 radical (unpaired) electrons. The molecule has 1 heterocycles. The zero-order chi connectivity index (χ0) is 26.8. The molecule has 0 unspecified atom stereocenters. The fourth-order valence-corrected chi connectivity index (χ4v) is 7.69. The summed E-state index contributed by atoms with van der Waals surface area (Å²) in [6.45, 7) is 13.9. The first-order chi connectivity index (χ1) is 17.6. The molecule has 3 saturated carbocycles. The van der Waals surface area contributed by atoms with Crippen LogP contribution in [0.4, 0.5) is 0 Å². The molecule has 37 heavy (non-hydrogen) atoms. The maximum absolute atomic E-state index is 10.7. The second-order valence-corrected chi connectivity index (χ2v) is 12.4. The maximum atomic E-state index is 10.7. The summed E-state index contributed by atoms with van der Waals surface area (Å²) >= 11 is 0. The summed E-state index contributed by atoms with van der Waals surface area (Å²) in [6.07, 6.45) is 16.0. The Balaban J connectivity index is 1.37. The molecule has 3 aliphatic carbocycles. The number of aliphatic hydroxyl groups is 3. The number of hydrogen-bond acceptors (Lipinski definition) is 5. The van der Waals surface area contributed by atoms with Gasteiger partial charge in [-0.3, -0.25) is 4.68 Å². The zero-order valence-electron chi connectivity index (χ0n) is 23.5. The SMILES string of the molecule is C=C1C(=CC=C2CCC[C@]3(C)[C@@H]([C@H](C)CCCn4cc(C(O)(CC)CC)nn4)CC[C@@H]23)C[C@H](O)C[C@H]1O. The number of fused-ring (bicyclic) bond motifs is 1. The second-order valence-electron chi connectivity index (χ2n) is 12.4. The van der Waals surface area contributed by atoms with Gasteiger partial charge in [0.25, 0.3) is 0 Å². The Bertz CT molecular complexity index is 1010. The van der Waals surface area contributed by atoms with Gasteiger partial charge < -0.3 is 15.3 Å². The predicted molar refractivity (Wildman–Crippen MR) is 148 cm³/mol. The van der Waals surface area contributed by atoms with Crippen molar-refractivity contribution in [1.29, 1.82) is 0 Å². The Hall–Kier alpha value is -1.76. The number of nitrogens with zero attached hydrogens (tertiary/aromatic N) is 3. The first-order valence-corrected chi connectivity index (χ1v) is 14.7. The van der Waals surface area contributed by atoms with E-state index in [9.17, 15) is 15.3 Å². The molecule has 6 nitrogen and oxygen atoms in total. The van der Waals surface area contributed by atoms with Crippen LogP contribution in [-0.4, -0.2) is 42.5 Å². The molecule has 4 rings (SSSR count). The van der Waals surface area contributed by atoms with Gasteiger partial charge in [-0.2, -0.15) is 0 Å². The molecule has 1 aromatic heterocycles. The van der Waals surface area contributed by atoms with Crippen LogP contribution in [0, 0.1) is 23.2 Å². The van der Waals surface area contributed by atoms with Gasteiger partial charge in [-0.1, -0.05) is 57.2 Å². The van der Waals surface area contributed by atoms with E-state index >= 15 is 0 Å². The van der Waals surface area contributed by atoms with Gasteiger partial charge in [0.05, 0.1) is 18.4 Å². The van der Waals surface area contributed by atoms with E-state index in [-0.39, 0.29) is 0 Å². The molecule has 0 aliphatic heterocycles. The van der Waals surface area contributed by atoms with Crippen molar-refractivity contribution < 1.29 is 15.3 Å². The van der Waals surface area contributed by atoms with E-state index in [1.54, 1.807) is 5.57 Å². The lowest BCUT2D eigenvalue weighted by atomic mass is 9.60. The molecule has 0 spiro atoms. The minimum Gasteiger partial charge on any atom is -0.393 e. The van der Waals surface area contributed by atoms with Crippen LogP contribution >= 0.6 is 0 Å². The van der Waals surface area contributed by atoms with Crippen LogP contribution in [0.2, 0.25) is 0 Å². The van der Waals surface area contributed by atoms with Gasteiger partial charge in [-0.25, -0.2) is 0 Å². The summed E-state index contributed by atoms with van der Waals surface area (Å²) in [4.78, 5) is 0. The van der Waals surface area contributed by atoms with Crippen molar-refractivity contribution in [2.45, 2.75) is 123 Å². The van der Waals surface area contributed by atoms with Crippen LogP contribution < -0.4 is 0 Å². The van der Waals surface area contributed by atoms with E-state index in [4.69, 9.17) is 0 Å². The van der Waals surface area contributed by atoms with Crippen LogP contribution in [-0.2, 0) is 12.1 Å². The first-order valence-electron chi connectivity index (χ1n) is 14.7. The fraction of sp³-hybridized carbons (Fsp3) is 0.742. The average molecular weight is 512 g/mol. The molecule has 1 aromatic rings. The molecule has 6 heteroatoms. The monoisotopic (exact) mass is 511 g/mol. The normalized spacial score (nSPS) is 33.8. The Morgan fingerprint density at radius 3 is 2.73 bits per heavy atom. The van der Waals surface area contributed by atoms with E-state index < -0.39 is 17.8 Å². The van der Waals surface area contributed by atoms with Gasteiger partial charge in [-0.15, -0.1) is 5.10 Å². The molecular weight excluding hydrogens is 462 g/mol. The Kier molecular flexibility index (Phi) is 8.82. The summed E-state index contributed by atoms with van der Waals surface area (Å²) in [5.41, 5.74) is 3.48. The summed E-state index contributed by atoms with van der Waals surface area (Å²) < 4.78 is 1.90. The van der Waals surface area contributed by atoms with E-state index in [0.717, 1.165) is 36.5 Å². The standard InChI is InChI=1S/C31H49N3O3/c1-6-31(37,7-2)29-20-34(33-32-29)17-9-10-21(3)26-14-15-27-23(11-8-16-30(26,27)5)12-13-24-18-25(35)19-28(36)22(24)4/h12-13,20-21,25-28,35-37H,4,6-11,14-19H2,1-3,5H3/t21-,25+,26-,27+,28-,30-/m1/s1. The largest absolute Gasteiger partial charge is 0.393 e. The van der Waals surface area contributed by atoms with E-state index in [2.05, 4.69) is 42.9 Å². The minimum atomic E-state index is -0.870. The van der Waals surface area contributed by atoms with Crippen LogP contribution in [0.3, 0.4) is 0 Å². The summed E-state index contributed by atoms with van der Waals surface area (Å²) in [5.74, 6) is 2.00.